The van der Waals surface area contributed by atoms with E-state index in [0.717, 1.165) is 63.7 Å². The highest BCUT2D eigenvalue weighted by Crippen LogP contribution is 2.32. The molecule has 0 saturated carbocycles. The van der Waals surface area contributed by atoms with Gasteiger partial charge in [0, 0.05) is 45.7 Å². The van der Waals surface area contributed by atoms with Gasteiger partial charge in [-0.25, -0.2) is 0 Å². The first-order chi connectivity index (χ1) is 14.3. The van der Waals surface area contributed by atoms with Crippen LogP contribution in [-0.2, 0) is 11.3 Å². The van der Waals surface area contributed by atoms with Crippen LogP contribution in [0.1, 0.15) is 44.1 Å². The molecular formula is C23H33N3O3. The normalized spacial score (nSPS) is 19.3. The van der Waals surface area contributed by atoms with Gasteiger partial charge in [-0.05, 0) is 56.3 Å². The second-order valence-corrected chi connectivity index (χ2v) is 8.20. The molecule has 6 nitrogen and oxygen atoms in total. The Morgan fingerprint density at radius 1 is 1.03 bits per heavy atom. The van der Waals surface area contributed by atoms with Gasteiger partial charge in [0.15, 0.2) is 11.5 Å². The van der Waals surface area contributed by atoms with Crippen molar-refractivity contribution in [1.82, 2.24) is 15.1 Å². The van der Waals surface area contributed by atoms with Gasteiger partial charge < -0.3 is 19.7 Å². The number of allylic oxidation sites excluding steroid dienone is 1. The number of piperazine rings is 1. The number of hydrogen-bond donors (Lipinski definition) is 1. The van der Waals surface area contributed by atoms with Crippen LogP contribution < -0.4 is 14.8 Å². The minimum Gasteiger partial charge on any atom is -0.454 e. The summed E-state index contributed by atoms with van der Waals surface area (Å²) in [5, 5.41) is 3.44. The first-order valence-corrected chi connectivity index (χ1v) is 11.1. The monoisotopic (exact) mass is 399 g/mol. The fourth-order valence-corrected chi connectivity index (χ4v) is 4.31. The Balaban J connectivity index is 1.11. The number of ether oxygens (including phenoxy) is 2. The molecule has 0 bridgehead atoms. The highest BCUT2D eigenvalue weighted by atomic mass is 16.7. The second kappa shape index (κ2) is 10.1. The molecule has 1 saturated heterocycles. The van der Waals surface area contributed by atoms with E-state index in [1.54, 1.807) is 5.57 Å². The van der Waals surface area contributed by atoms with E-state index in [2.05, 4.69) is 28.4 Å². The Kier molecular flexibility index (Phi) is 7.06. The average Bonchev–Trinajstić information content (AvgIpc) is 3.22. The summed E-state index contributed by atoms with van der Waals surface area (Å²) in [6, 6.07) is 6.14. The summed E-state index contributed by atoms with van der Waals surface area (Å²) in [4.78, 5) is 16.9. The van der Waals surface area contributed by atoms with E-state index in [1.165, 1.54) is 31.2 Å². The first-order valence-electron chi connectivity index (χ1n) is 11.1. The number of amides is 1. The zero-order valence-electron chi connectivity index (χ0n) is 17.3. The average molecular weight is 400 g/mol. The molecule has 2 heterocycles. The third-order valence-electron chi connectivity index (χ3n) is 6.09. The van der Waals surface area contributed by atoms with Gasteiger partial charge in [0.05, 0.1) is 0 Å². The van der Waals surface area contributed by atoms with Gasteiger partial charge in [-0.15, -0.1) is 0 Å². The van der Waals surface area contributed by atoms with Crippen molar-refractivity contribution < 1.29 is 14.3 Å². The van der Waals surface area contributed by atoms with Crippen molar-refractivity contribution in [3.8, 4) is 11.5 Å². The quantitative estimate of drug-likeness (QED) is 0.538. The molecule has 0 unspecified atom stereocenters. The Hall–Kier alpha value is -2.05. The summed E-state index contributed by atoms with van der Waals surface area (Å²) in [6.45, 7) is 6.43. The lowest BCUT2D eigenvalue weighted by atomic mass is 9.97. The van der Waals surface area contributed by atoms with Gasteiger partial charge in [0.25, 0.3) is 0 Å². The van der Waals surface area contributed by atoms with Gasteiger partial charge in [-0.1, -0.05) is 17.7 Å². The first kappa shape index (κ1) is 20.2. The molecule has 1 aromatic rings. The van der Waals surface area contributed by atoms with Crippen LogP contribution in [0.25, 0.3) is 0 Å². The van der Waals surface area contributed by atoms with Crippen LogP contribution in [0.5, 0.6) is 11.5 Å². The van der Waals surface area contributed by atoms with Crippen molar-refractivity contribution >= 4 is 5.91 Å². The summed E-state index contributed by atoms with van der Waals surface area (Å²) in [5.41, 5.74) is 2.82. The van der Waals surface area contributed by atoms with E-state index in [9.17, 15) is 4.79 Å². The highest BCUT2D eigenvalue weighted by molar-refractivity contribution is 5.76. The topological polar surface area (TPSA) is 54.0 Å². The molecular weight excluding hydrogens is 366 g/mol. The maximum Gasteiger partial charge on any atom is 0.231 e. The molecule has 3 aliphatic rings. The molecule has 2 aliphatic heterocycles. The second-order valence-electron chi connectivity index (χ2n) is 8.20. The van der Waals surface area contributed by atoms with Crippen LogP contribution >= 0.6 is 0 Å². The number of fused-ring (bicyclic) bond motifs is 1. The lowest BCUT2D eigenvalue weighted by Gasteiger charge is -2.35. The molecule has 1 aromatic carbocycles. The van der Waals surface area contributed by atoms with E-state index in [1.807, 2.05) is 11.0 Å². The fourth-order valence-electron chi connectivity index (χ4n) is 4.31. The van der Waals surface area contributed by atoms with E-state index in [0.29, 0.717) is 13.2 Å². The molecule has 1 aliphatic carbocycles. The highest BCUT2D eigenvalue weighted by Gasteiger charge is 2.21. The fraction of sp³-hybridized carbons (Fsp3) is 0.609. The maximum atomic E-state index is 12.5. The summed E-state index contributed by atoms with van der Waals surface area (Å²) < 4.78 is 10.8. The zero-order valence-corrected chi connectivity index (χ0v) is 17.3. The van der Waals surface area contributed by atoms with Crippen LogP contribution in [0.3, 0.4) is 0 Å². The van der Waals surface area contributed by atoms with Crippen LogP contribution in [0.15, 0.2) is 29.8 Å². The third-order valence-corrected chi connectivity index (χ3v) is 6.09. The summed E-state index contributed by atoms with van der Waals surface area (Å²) in [7, 11) is 0. The van der Waals surface area contributed by atoms with Crippen molar-refractivity contribution in [3.05, 3.63) is 35.4 Å². The maximum absolute atomic E-state index is 12.5. The Labute approximate surface area is 173 Å². The summed E-state index contributed by atoms with van der Waals surface area (Å²) in [6.07, 6.45) is 9.32. The minimum atomic E-state index is 0.275. The predicted octanol–water partition coefficient (Wildman–Crippen LogP) is 2.93. The predicted molar refractivity (Wildman–Crippen MR) is 113 cm³/mol. The Bertz CT molecular complexity index is 726. The molecule has 0 radical (unpaired) electrons. The van der Waals surface area contributed by atoms with Crippen molar-refractivity contribution in [1.29, 1.82) is 0 Å². The minimum absolute atomic E-state index is 0.275. The van der Waals surface area contributed by atoms with Gasteiger partial charge in [0.1, 0.15) is 0 Å². The summed E-state index contributed by atoms with van der Waals surface area (Å²) in [5.74, 6) is 1.94. The number of benzene rings is 1. The molecule has 1 amide bonds. The van der Waals surface area contributed by atoms with Crippen molar-refractivity contribution in [2.45, 2.75) is 45.1 Å². The van der Waals surface area contributed by atoms with E-state index in [-0.39, 0.29) is 5.91 Å². The number of carbonyl (C=O) groups excluding carboxylic acids is 1. The Morgan fingerprint density at radius 2 is 1.90 bits per heavy atom. The standard InChI is InChI=1S/C23H33N3O3/c27-23(9-11-24-10-8-19-4-2-1-3-5-19)26-14-12-25(13-15-26)17-20-6-7-21-22(16-20)29-18-28-21/h4,6-7,16,24H,1-3,5,8-15,17-18H2. The number of nitrogens with zero attached hydrogens (tertiary/aromatic N) is 2. The molecule has 0 spiro atoms. The molecule has 0 atom stereocenters. The van der Waals surface area contributed by atoms with Crippen molar-refractivity contribution in [2.24, 2.45) is 0 Å². The number of hydrogen-bond acceptors (Lipinski definition) is 5. The van der Waals surface area contributed by atoms with Crippen LogP contribution in [-0.4, -0.2) is 61.8 Å². The van der Waals surface area contributed by atoms with Crippen LogP contribution in [0, 0.1) is 0 Å². The number of nitrogens with one attached hydrogen (secondary N) is 1. The van der Waals surface area contributed by atoms with E-state index >= 15 is 0 Å². The Morgan fingerprint density at radius 3 is 2.72 bits per heavy atom. The lowest BCUT2D eigenvalue weighted by Crippen LogP contribution is -2.48. The van der Waals surface area contributed by atoms with Gasteiger partial charge >= 0.3 is 0 Å². The van der Waals surface area contributed by atoms with E-state index in [4.69, 9.17) is 9.47 Å². The molecule has 29 heavy (non-hydrogen) atoms. The smallest absolute Gasteiger partial charge is 0.231 e. The van der Waals surface area contributed by atoms with Crippen molar-refractivity contribution in [2.75, 3.05) is 46.1 Å². The third kappa shape index (κ3) is 5.73. The molecule has 158 valence electrons. The zero-order chi connectivity index (χ0) is 19.9. The summed E-state index contributed by atoms with van der Waals surface area (Å²) >= 11 is 0. The number of carbonyl (C=O) groups is 1. The van der Waals surface area contributed by atoms with Crippen LogP contribution in [0.2, 0.25) is 0 Å². The van der Waals surface area contributed by atoms with Gasteiger partial charge in [0.2, 0.25) is 12.7 Å². The molecule has 0 aromatic heterocycles. The van der Waals surface area contributed by atoms with Gasteiger partial charge in [-0.3, -0.25) is 9.69 Å². The van der Waals surface area contributed by atoms with Crippen molar-refractivity contribution in [3.63, 3.8) is 0 Å². The SMILES string of the molecule is O=C(CCNCCC1=CCCCC1)N1CCN(Cc2ccc3c(c2)OCO3)CC1. The largest absolute Gasteiger partial charge is 0.454 e. The van der Waals surface area contributed by atoms with E-state index < -0.39 is 0 Å². The molecule has 1 N–H and O–H groups in total. The lowest BCUT2D eigenvalue weighted by molar-refractivity contribution is -0.132. The van der Waals surface area contributed by atoms with Gasteiger partial charge in [-0.2, -0.15) is 0 Å². The number of rotatable bonds is 8. The van der Waals surface area contributed by atoms with Crippen LogP contribution in [0.4, 0.5) is 0 Å². The molecule has 1 fully saturated rings. The molecule has 4 rings (SSSR count). The molecule has 6 heteroatoms.